The van der Waals surface area contributed by atoms with Crippen LogP contribution in [0.3, 0.4) is 0 Å². The largest absolute Gasteiger partial charge is 0.598 e. The molecule has 3 aromatic rings. The number of hydrogen-bond donors (Lipinski definition) is 1. The normalized spacial score (nSPS) is 18.9. The number of nitrogens with zero attached hydrogens (tertiary/aromatic N) is 1. The maximum absolute atomic E-state index is 13.4. The van der Waals surface area contributed by atoms with E-state index in [9.17, 15) is 13.0 Å². The predicted molar refractivity (Wildman–Crippen MR) is 116 cm³/mol. The van der Waals surface area contributed by atoms with E-state index in [-0.39, 0.29) is 10.8 Å². The fourth-order valence-corrected chi connectivity index (χ4v) is 7.23. The number of para-hydroxylation sites is 1. The van der Waals surface area contributed by atoms with Crippen LogP contribution >= 0.6 is 11.3 Å². The number of rotatable bonds is 4. The number of thiophene rings is 1. The van der Waals surface area contributed by atoms with Gasteiger partial charge in [0, 0.05) is 28.0 Å². The first-order chi connectivity index (χ1) is 13.2. The highest BCUT2D eigenvalue weighted by atomic mass is 32.2. The molecule has 8 heteroatoms. The molecule has 0 amide bonds. The highest BCUT2D eigenvalue weighted by Gasteiger charge is 2.36. The van der Waals surface area contributed by atoms with Crippen molar-refractivity contribution < 1.29 is 13.0 Å². The Morgan fingerprint density at radius 3 is 2.64 bits per heavy atom. The Hall–Kier alpha value is -1.32. The van der Waals surface area contributed by atoms with Crippen LogP contribution in [0.1, 0.15) is 50.9 Å². The summed E-state index contributed by atoms with van der Waals surface area (Å²) in [7, 11) is -3.67. The van der Waals surface area contributed by atoms with E-state index in [1.807, 2.05) is 45.0 Å². The summed E-state index contributed by atoms with van der Waals surface area (Å²) in [5.74, 6) is 0. The van der Waals surface area contributed by atoms with E-state index in [2.05, 4.69) is 4.72 Å². The van der Waals surface area contributed by atoms with Gasteiger partial charge in [-0.3, -0.25) is 0 Å². The van der Waals surface area contributed by atoms with Gasteiger partial charge in [0.15, 0.2) is 0 Å². The summed E-state index contributed by atoms with van der Waals surface area (Å²) in [6.07, 6.45) is 2.37. The van der Waals surface area contributed by atoms with Crippen molar-refractivity contribution in [3.05, 3.63) is 53.0 Å². The van der Waals surface area contributed by atoms with Gasteiger partial charge in [-0.1, -0.05) is 24.3 Å². The van der Waals surface area contributed by atoms with Crippen LogP contribution in [0.2, 0.25) is 0 Å². The maximum atomic E-state index is 13.4. The number of aromatic nitrogens is 1. The minimum absolute atomic E-state index is 0.131. The van der Waals surface area contributed by atoms with Crippen molar-refractivity contribution in [3.8, 4) is 0 Å². The van der Waals surface area contributed by atoms with Crippen molar-refractivity contribution in [1.82, 2.24) is 8.69 Å². The number of hydrogen-bond acceptors (Lipinski definition) is 5. The Kier molecular flexibility index (Phi) is 5.12. The van der Waals surface area contributed by atoms with E-state index in [0.29, 0.717) is 16.1 Å². The van der Waals surface area contributed by atoms with Gasteiger partial charge in [0.1, 0.15) is 8.96 Å². The summed E-state index contributed by atoms with van der Waals surface area (Å²) in [6.45, 7) is 5.80. The fraction of sp³-hybridized carbons (Fsp3) is 0.400. The summed E-state index contributed by atoms with van der Waals surface area (Å²) in [5, 5.41) is 2.70. The zero-order valence-corrected chi connectivity index (χ0v) is 18.6. The molecule has 2 aromatic heterocycles. The highest BCUT2D eigenvalue weighted by Crippen LogP contribution is 2.41. The molecule has 4 rings (SSSR count). The van der Waals surface area contributed by atoms with Crippen molar-refractivity contribution in [2.45, 2.75) is 55.0 Å². The highest BCUT2D eigenvalue weighted by molar-refractivity contribution is 7.92. The first-order valence-corrected chi connectivity index (χ1v) is 12.8. The van der Waals surface area contributed by atoms with Gasteiger partial charge in [-0.15, -0.1) is 16.1 Å². The molecule has 1 aliphatic rings. The molecule has 0 bridgehead atoms. The Morgan fingerprint density at radius 2 is 1.96 bits per heavy atom. The smallest absolute Gasteiger partial charge is 0.277 e. The molecule has 1 aromatic carbocycles. The molecule has 1 N–H and O–H groups in total. The summed E-state index contributed by atoms with van der Waals surface area (Å²) < 4.78 is 44.3. The lowest BCUT2D eigenvalue weighted by molar-refractivity contribution is 0.488. The van der Waals surface area contributed by atoms with Crippen molar-refractivity contribution in [3.63, 3.8) is 0 Å². The van der Waals surface area contributed by atoms with Gasteiger partial charge in [-0.05, 0) is 57.5 Å². The molecular formula is C20H24N2O3S3. The molecule has 0 spiro atoms. The molecule has 150 valence electrons. The van der Waals surface area contributed by atoms with E-state index in [0.717, 1.165) is 29.5 Å². The Bertz CT molecular complexity index is 1100. The summed E-state index contributed by atoms with van der Waals surface area (Å²) in [4.78, 5) is 0. The third-order valence-corrected chi connectivity index (χ3v) is 9.75. The van der Waals surface area contributed by atoms with Crippen LogP contribution in [0.25, 0.3) is 10.9 Å². The van der Waals surface area contributed by atoms with Crippen LogP contribution in [-0.4, -0.2) is 21.7 Å². The minimum atomic E-state index is -3.67. The molecule has 0 fully saturated rings. The number of benzene rings is 1. The Balaban J connectivity index is 1.91. The molecule has 2 atom stereocenters. The van der Waals surface area contributed by atoms with Gasteiger partial charge in [-0.25, -0.2) is 3.97 Å². The van der Waals surface area contributed by atoms with Gasteiger partial charge in [0.05, 0.1) is 11.6 Å². The third-order valence-electron chi connectivity index (χ3n) is 5.02. The van der Waals surface area contributed by atoms with E-state index in [4.69, 9.17) is 0 Å². The van der Waals surface area contributed by atoms with E-state index < -0.39 is 21.4 Å². The Labute approximate surface area is 173 Å². The monoisotopic (exact) mass is 436 g/mol. The number of fused-ring (bicyclic) bond motifs is 3. The molecule has 0 aliphatic heterocycles. The molecule has 0 saturated carbocycles. The lowest BCUT2D eigenvalue weighted by Crippen LogP contribution is -2.42. The first kappa shape index (κ1) is 20.0. The van der Waals surface area contributed by atoms with Crippen LogP contribution < -0.4 is 4.72 Å². The topological polar surface area (TPSA) is 74.2 Å². The van der Waals surface area contributed by atoms with Gasteiger partial charge in [-0.2, -0.15) is 8.42 Å². The molecule has 2 heterocycles. The maximum Gasteiger partial charge on any atom is 0.277 e. The average molecular weight is 437 g/mol. The van der Waals surface area contributed by atoms with Crippen LogP contribution in [0.5, 0.6) is 0 Å². The van der Waals surface area contributed by atoms with Crippen LogP contribution in [-0.2, 0) is 27.8 Å². The second kappa shape index (κ2) is 7.18. The molecule has 5 nitrogen and oxygen atoms in total. The minimum Gasteiger partial charge on any atom is -0.598 e. The average Bonchev–Trinajstić information content (AvgIpc) is 3.28. The Morgan fingerprint density at radius 1 is 1.21 bits per heavy atom. The third kappa shape index (κ3) is 3.31. The van der Waals surface area contributed by atoms with Crippen LogP contribution in [0, 0.1) is 0 Å². The lowest BCUT2D eigenvalue weighted by atomic mass is 9.91. The SMILES string of the molecule is CC(C)(C)[S+]([O-])N[C@H]1CCCc2c1c1ccccc1n2S(=O)(=O)c1cccs1. The molecule has 28 heavy (non-hydrogen) atoms. The van der Waals surface area contributed by atoms with Crippen molar-refractivity contribution in [2.24, 2.45) is 0 Å². The molecular weight excluding hydrogens is 412 g/mol. The summed E-state index contributed by atoms with van der Waals surface area (Å²) in [6, 6.07) is 10.9. The first-order valence-electron chi connectivity index (χ1n) is 9.30. The van der Waals surface area contributed by atoms with Crippen LogP contribution in [0.4, 0.5) is 0 Å². The second-order valence-corrected chi connectivity index (χ2v) is 13.0. The molecule has 1 aliphatic carbocycles. The van der Waals surface area contributed by atoms with Gasteiger partial charge in [0.2, 0.25) is 0 Å². The quantitative estimate of drug-likeness (QED) is 0.616. The summed E-state index contributed by atoms with van der Waals surface area (Å²) in [5.41, 5.74) is 2.47. The molecule has 0 saturated heterocycles. The fourth-order valence-electron chi connectivity index (χ4n) is 3.73. The van der Waals surface area contributed by atoms with Gasteiger partial charge < -0.3 is 4.55 Å². The standard InChI is InChI=1S/C20H24N2O3S3/c1-20(2,3)27(23)21-15-9-6-11-17-19(15)14-8-4-5-10-16(14)22(17)28(24,25)18-12-7-13-26-18/h4-5,7-8,10,12-13,15,21H,6,9,11H2,1-3H3/t15-,27?/m0/s1. The predicted octanol–water partition coefficient (Wildman–Crippen LogP) is 4.37. The molecule has 1 unspecified atom stereocenters. The lowest BCUT2D eigenvalue weighted by Gasteiger charge is -2.30. The van der Waals surface area contributed by atoms with Crippen molar-refractivity contribution in [1.29, 1.82) is 0 Å². The number of nitrogens with one attached hydrogen (secondary N) is 1. The van der Waals surface area contributed by atoms with Gasteiger partial charge >= 0.3 is 0 Å². The van der Waals surface area contributed by atoms with E-state index in [1.165, 1.54) is 15.3 Å². The van der Waals surface area contributed by atoms with Crippen molar-refractivity contribution >= 4 is 43.6 Å². The summed E-state index contributed by atoms with van der Waals surface area (Å²) >= 11 is -0.00407. The van der Waals surface area contributed by atoms with E-state index >= 15 is 0 Å². The molecule has 0 radical (unpaired) electrons. The van der Waals surface area contributed by atoms with Crippen LogP contribution in [0.15, 0.2) is 46.0 Å². The second-order valence-electron chi connectivity index (χ2n) is 8.02. The van der Waals surface area contributed by atoms with E-state index in [1.54, 1.807) is 17.5 Å². The zero-order chi connectivity index (χ0) is 20.1. The zero-order valence-electron chi connectivity index (χ0n) is 16.1. The van der Waals surface area contributed by atoms with Gasteiger partial charge in [0.25, 0.3) is 10.0 Å². The van der Waals surface area contributed by atoms with Crippen molar-refractivity contribution in [2.75, 3.05) is 0 Å².